The monoisotopic (exact) mass is 279 g/mol. The molecule has 4 heterocycles. The Morgan fingerprint density at radius 1 is 1.26 bits per heavy atom. The topological polar surface area (TPSA) is 39.0 Å². The van der Waals surface area contributed by atoms with Crippen LogP contribution in [0.1, 0.15) is 18.5 Å². The van der Waals surface area contributed by atoms with Crippen LogP contribution in [0.25, 0.3) is 4.96 Å². The summed E-state index contributed by atoms with van der Waals surface area (Å²) in [5.41, 5.74) is 1.15. The molecule has 2 aliphatic heterocycles. The van der Waals surface area contributed by atoms with Gasteiger partial charge in [-0.05, 0) is 0 Å². The fraction of sp³-hybridized carbons (Fsp3) is 0.615. The molecule has 2 aromatic rings. The Morgan fingerprint density at radius 2 is 2.05 bits per heavy atom. The fourth-order valence-electron chi connectivity index (χ4n) is 2.92. The molecule has 0 unspecified atom stereocenters. The summed E-state index contributed by atoms with van der Waals surface area (Å²) in [5.74, 6) is -0.273. The van der Waals surface area contributed by atoms with Crippen LogP contribution in [0.4, 0.5) is 0 Å². The van der Waals surface area contributed by atoms with Crippen molar-refractivity contribution in [1.29, 1.82) is 0 Å². The second-order valence-electron chi connectivity index (χ2n) is 5.21. The van der Waals surface area contributed by atoms with Crippen molar-refractivity contribution in [3.8, 4) is 0 Å². The molecule has 0 amide bonds. The van der Waals surface area contributed by atoms with Crippen LogP contribution in [0.5, 0.6) is 0 Å². The van der Waals surface area contributed by atoms with Gasteiger partial charge in [-0.2, -0.15) is 0 Å². The van der Waals surface area contributed by atoms with Gasteiger partial charge < -0.3 is 9.47 Å². The first-order valence-corrected chi connectivity index (χ1v) is 7.62. The van der Waals surface area contributed by atoms with E-state index in [4.69, 9.17) is 9.47 Å². The van der Waals surface area contributed by atoms with E-state index in [0.29, 0.717) is 0 Å². The molecule has 2 aromatic heterocycles. The average molecular weight is 279 g/mol. The Hall–Kier alpha value is -0.950. The van der Waals surface area contributed by atoms with Gasteiger partial charge in [0.1, 0.15) is 0 Å². The second kappa shape index (κ2) is 4.56. The molecule has 0 N–H and O–H groups in total. The van der Waals surface area contributed by atoms with Crippen LogP contribution in [0.3, 0.4) is 0 Å². The maximum absolute atomic E-state index is 5.75. The van der Waals surface area contributed by atoms with E-state index in [1.54, 1.807) is 11.3 Å². The van der Waals surface area contributed by atoms with E-state index in [0.717, 1.165) is 56.3 Å². The fourth-order valence-corrected chi connectivity index (χ4v) is 3.64. The zero-order chi connectivity index (χ0) is 12.7. The molecule has 1 spiro atoms. The van der Waals surface area contributed by atoms with Gasteiger partial charge in [-0.25, -0.2) is 4.98 Å². The number of hydrogen-bond donors (Lipinski definition) is 0. The molecule has 0 bridgehead atoms. The van der Waals surface area contributed by atoms with Crippen LogP contribution in [0, 0.1) is 0 Å². The molecular formula is C13H17N3O2S. The molecule has 102 valence electrons. The number of hydrogen-bond acceptors (Lipinski definition) is 5. The number of aromatic nitrogens is 2. The Labute approximate surface area is 115 Å². The first kappa shape index (κ1) is 11.8. The summed E-state index contributed by atoms with van der Waals surface area (Å²) in [5, 5.41) is 2.06. The highest BCUT2D eigenvalue weighted by molar-refractivity contribution is 7.15. The second-order valence-corrected chi connectivity index (χ2v) is 6.08. The van der Waals surface area contributed by atoms with Crippen molar-refractivity contribution in [1.82, 2.24) is 14.3 Å². The molecule has 2 saturated heterocycles. The molecule has 6 heteroatoms. The van der Waals surface area contributed by atoms with E-state index >= 15 is 0 Å². The van der Waals surface area contributed by atoms with Gasteiger partial charge >= 0.3 is 0 Å². The molecule has 0 saturated carbocycles. The molecule has 0 radical (unpaired) electrons. The average Bonchev–Trinajstić information content (AvgIpc) is 3.08. The summed E-state index contributed by atoms with van der Waals surface area (Å²) in [4.78, 5) is 8.14. The number of piperidine rings is 1. The van der Waals surface area contributed by atoms with E-state index in [1.807, 2.05) is 0 Å². The summed E-state index contributed by atoms with van der Waals surface area (Å²) in [6.45, 7) is 4.45. The number of fused-ring (bicyclic) bond motifs is 1. The standard InChI is InChI=1S/C13H17N3O2S/c1-3-15(4-2-13(1)17-6-7-18-13)9-11-10-16-5-8-19-12(16)14-11/h5,8,10H,1-4,6-7,9H2. The highest BCUT2D eigenvalue weighted by atomic mass is 32.1. The predicted octanol–water partition coefficient (Wildman–Crippen LogP) is 1.73. The van der Waals surface area contributed by atoms with E-state index in [2.05, 4.69) is 32.1 Å². The third kappa shape index (κ3) is 2.18. The van der Waals surface area contributed by atoms with Gasteiger partial charge in [0.2, 0.25) is 0 Å². The van der Waals surface area contributed by atoms with Gasteiger partial charge in [0.05, 0.1) is 18.9 Å². The van der Waals surface area contributed by atoms with Crippen LogP contribution in [0.15, 0.2) is 17.8 Å². The maximum atomic E-state index is 5.75. The Kier molecular flexibility index (Phi) is 2.84. The summed E-state index contributed by atoms with van der Waals surface area (Å²) in [7, 11) is 0. The maximum Gasteiger partial charge on any atom is 0.193 e. The van der Waals surface area contributed by atoms with Crippen molar-refractivity contribution in [2.45, 2.75) is 25.2 Å². The summed E-state index contributed by atoms with van der Waals surface area (Å²) in [6, 6.07) is 0. The summed E-state index contributed by atoms with van der Waals surface area (Å²) in [6.07, 6.45) is 6.12. The summed E-state index contributed by atoms with van der Waals surface area (Å²) >= 11 is 1.68. The lowest BCUT2D eigenvalue weighted by molar-refractivity contribution is -0.185. The number of nitrogens with zero attached hydrogens (tertiary/aromatic N) is 3. The highest BCUT2D eigenvalue weighted by Gasteiger charge is 2.39. The van der Waals surface area contributed by atoms with E-state index < -0.39 is 0 Å². The first-order valence-electron chi connectivity index (χ1n) is 6.74. The Balaban J connectivity index is 1.40. The first-order chi connectivity index (χ1) is 9.33. The van der Waals surface area contributed by atoms with Crippen molar-refractivity contribution < 1.29 is 9.47 Å². The number of thiazole rings is 1. The number of likely N-dealkylation sites (tertiary alicyclic amines) is 1. The molecule has 2 aliphatic rings. The van der Waals surface area contributed by atoms with E-state index in [-0.39, 0.29) is 5.79 Å². The lowest BCUT2D eigenvalue weighted by Gasteiger charge is -2.37. The van der Waals surface area contributed by atoms with Crippen molar-refractivity contribution in [3.63, 3.8) is 0 Å². The number of ether oxygens (including phenoxy) is 2. The summed E-state index contributed by atoms with van der Waals surface area (Å²) < 4.78 is 13.6. The van der Waals surface area contributed by atoms with Gasteiger partial charge in [0.25, 0.3) is 0 Å². The van der Waals surface area contributed by atoms with Crippen LogP contribution in [0.2, 0.25) is 0 Å². The lowest BCUT2D eigenvalue weighted by Crippen LogP contribution is -2.44. The minimum atomic E-state index is -0.273. The molecular weight excluding hydrogens is 262 g/mol. The SMILES string of the molecule is c1cn2cc(CN3CCC4(CC3)OCCO4)nc2s1. The van der Waals surface area contributed by atoms with Crippen molar-refractivity contribution >= 4 is 16.3 Å². The number of imidazole rings is 1. The molecule has 0 aromatic carbocycles. The smallest absolute Gasteiger partial charge is 0.193 e. The molecule has 4 rings (SSSR count). The zero-order valence-corrected chi connectivity index (χ0v) is 11.6. The Bertz CT molecular complexity index is 535. The highest BCUT2D eigenvalue weighted by Crippen LogP contribution is 2.31. The van der Waals surface area contributed by atoms with E-state index in [9.17, 15) is 0 Å². The van der Waals surface area contributed by atoms with Crippen LogP contribution in [-0.2, 0) is 16.0 Å². The normalized spacial score (nSPS) is 23.6. The molecule has 0 atom stereocenters. The molecule has 0 aliphatic carbocycles. The van der Waals surface area contributed by atoms with Crippen LogP contribution < -0.4 is 0 Å². The van der Waals surface area contributed by atoms with Crippen LogP contribution >= 0.6 is 11.3 Å². The predicted molar refractivity (Wildman–Crippen MR) is 72.2 cm³/mol. The van der Waals surface area contributed by atoms with Gasteiger partial charge in [-0.3, -0.25) is 9.30 Å². The Morgan fingerprint density at radius 3 is 2.79 bits per heavy atom. The quantitative estimate of drug-likeness (QED) is 0.839. The largest absolute Gasteiger partial charge is 0.347 e. The van der Waals surface area contributed by atoms with Crippen LogP contribution in [-0.4, -0.2) is 46.4 Å². The van der Waals surface area contributed by atoms with Crippen molar-refractivity contribution in [2.24, 2.45) is 0 Å². The zero-order valence-electron chi connectivity index (χ0n) is 10.7. The lowest BCUT2D eigenvalue weighted by atomic mass is 10.0. The van der Waals surface area contributed by atoms with Crippen molar-refractivity contribution in [2.75, 3.05) is 26.3 Å². The minimum absolute atomic E-state index is 0.273. The molecule has 2 fully saturated rings. The van der Waals surface area contributed by atoms with Crippen molar-refractivity contribution in [3.05, 3.63) is 23.5 Å². The van der Waals surface area contributed by atoms with E-state index in [1.165, 1.54) is 0 Å². The number of rotatable bonds is 2. The van der Waals surface area contributed by atoms with Gasteiger partial charge in [0.15, 0.2) is 10.7 Å². The third-order valence-corrected chi connectivity index (χ3v) is 4.73. The molecule has 19 heavy (non-hydrogen) atoms. The third-order valence-electron chi connectivity index (χ3n) is 3.96. The van der Waals surface area contributed by atoms with Gasteiger partial charge in [-0.15, -0.1) is 11.3 Å². The van der Waals surface area contributed by atoms with Gasteiger partial charge in [-0.1, -0.05) is 0 Å². The minimum Gasteiger partial charge on any atom is -0.347 e. The molecule has 5 nitrogen and oxygen atoms in total. The van der Waals surface area contributed by atoms with Gasteiger partial charge in [0, 0.05) is 50.2 Å².